The van der Waals surface area contributed by atoms with Gasteiger partial charge in [-0.05, 0) is 25.1 Å². The molecular formula is C18H12O5. The van der Waals surface area contributed by atoms with Gasteiger partial charge in [-0.3, -0.25) is 4.79 Å². The van der Waals surface area contributed by atoms with Crippen LogP contribution in [0.4, 0.5) is 0 Å². The molecule has 4 rings (SSSR count). The van der Waals surface area contributed by atoms with E-state index < -0.39 is 11.6 Å². The van der Waals surface area contributed by atoms with Crippen LogP contribution in [0.15, 0.2) is 50.2 Å². The lowest BCUT2D eigenvalue weighted by atomic mass is 10.0. The Kier molecular flexibility index (Phi) is 2.78. The average Bonchev–Trinajstić information content (AvgIpc) is 2.90. The first-order valence-electron chi connectivity index (χ1n) is 7.11. The number of carbonyl (C=O) groups excluding carboxylic acids is 1. The van der Waals surface area contributed by atoms with E-state index in [4.69, 9.17) is 13.6 Å². The molecule has 2 aromatic heterocycles. The third-order valence-corrected chi connectivity index (χ3v) is 3.84. The number of hydrogen-bond donors (Lipinski definition) is 0. The Morgan fingerprint density at radius 2 is 1.83 bits per heavy atom. The van der Waals surface area contributed by atoms with Gasteiger partial charge in [0.15, 0.2) is 5.58 Å². The molecule has 0 aliphatic heterocycles. The maximum absolute atomic E-state index is 12.3. The Balaban J connectivity index is 2.17. The van der Waals surface area contributed by atoms with Crippen LogP contribution in [0, 0.1) is 6.92 Å². The number of rotatable bonds is 1. The number of aryl methyl sites for hydroxylation is 1. The van der Waals surface area contributed by atoms with Crippen molar-refractivity contribution < 1.29 is 18.4 Å². The number of furan rings is 1. The Labute approximate surface area is 130 Å². The molecule has 0 bridgehead atoms. The molecule has 0 fully saturated rings. The van der Waals surface area contributed by atoms with Crippen LogP contribution in [0.2, 0.25) is 0 Å². The van der Waals surface area contributed by atoms with E-state index in [1.165, 1.54) is 6.92 Å². The van der Waals surface area contributed by atoms with Crippen molar-refractivity contribution in [2.24, 2.45) is 0 Å². The van der Waals surface area contributed by atoms with Crippen LogP contribution in [-0.4, -0.2) is 5.97 Å². The summed E-state index contributed by atoms with van der Waals surface area (Å²) < 4.78 is 16.3. The third-order valence-electron chi connectivity index (χ3n) is 3.84. The van der Waals surface area contributed by atoms with E-state index in [0.29, 0.717) is 38.5 Å². The highest BCUT2D eigenvalue weighted by Crippen LogP contribution is 2.34. The fraction of sp³-hybridized carbons (Fsp3) is 0.111. The molecule has 0 N–H and O–H groups in total. The molecule has 0 atom stereocenters. The first-order valence-corrected chi connectivity index (χ1v) is 7.11. The van der Waals surface area contributed by atoms with Crippen LogP contribution >= 0.6 is 0 Å². The minimum absolute atomic E-state index is 0.406. The largest absolute Gasteiger partial charge is 0.463 e. The zero-order valence-electron chi connectivity index (χ0n) is 12.5. The molecule has 23 heavy (non-hydrogen) atoms. The molecular weight excluding hydrogens is 296 g/mol. The summed E-state index contributed by atoms with van der Waals surface area (Å²) in [6.07, 6.45) is 1.54. The van der Waals surface area contributed by atoms with Crippen LogP contribution < -0.4 is 10.4 Å². The maximum atomic E-state index is 12.3. The Morgan fingerprint density at radius 3 is 2.61 bits per heavy atom. The Bertz CT molecular complexity index is 1150. The SMILES string of the molecule is CC(=O)Oc1cccc2c1ccc1c3occ(C)c3c(=O)oc21. The molecule has 0 spiro atoms. The van der Waals surface area contributed by atoms with Crippen molar-refractivity contribution in [1.82, 2.24) is 0 Å². The molecule has 0 aliphatic carbocycles. The van der Waals surface area contributed by atoms with E-state index in [9.17, 15) is 9.59 Å². The van der Waals surface area contributed by atoms with Crippen molar-refractivity contribution in [3.63, 3.8) is 0 Å². The summed E-state index contributed by atoms with van der Waals surface area (Å²) in [5.74, 6) is 0.0198. The topological polar surface area (TPSA) is 69.7 Å². The Hall–Kier alpha value is -3.08. The van der Waals surface area contributed by atoms with Gasteiger partial charge in [-0.15, -0.1) is 0 Å². The first kappa shape index (κ1) is 13.6. The summed E-state index contributed by atoms with van der Waals surface area (Å²) in [6.45, 7) is 3.14. The minimum atomic E-state index is -0.441. The molecule has 0 aliphatic rings. The highest BCUT2D eigenvalue weighted by atomic mass is 16.5. The monoisotopic (exact) mass is 308 g/mol. The summed E-state index contributed by atoms with van der Waals surface area (Å²) in [5, 5.41) is 2.54. The number of ether oxygens (including phenoxy) is 1. The molecule has 2 aromatic carbocycles. The molecule has 5 nitrogen and oxygen atoms in total. The summed E-state index contributed by atoms with van der Waals surface area (Å²) in [6, 6.07) is 8.89. The van der Waals surface area contributed by atoms with Gasteiger partial charge in [0.05, 0.1) is 11.6 Å². The number of esters is 1. The zero-order chi connectivity index (χ0) is 16.1. The van der Waals surface area contributed by atoms with E-state index >= 15 is 0 Å². The maximum Gasteiger partial charge on any atom is 0.347 e. The number of carbonyl (C=O) groups is 1. The average molecular weight is 308 g/mol. The highest BCUT2D eigenvalue weighted by Gasteiger charge is 2.16. The van der Waals surface area contributed by atoms with E-state index in [2.05, 4.69) is 0 Å². The molecule has 0 unspecified atom stereocenters. The van der Waals surface area contributed by atoms with Crippen molar-refractivity contribution in [2.75, 3.05) is 0 Å². The highest BCUT2D eigenvalue weighted by molar-refractivity contribution is 6.13. The van der Waals surface area contributed by atoms with Crippen LogP contribution in [0.1, 0.15) is 12.5 Å². The predicted molar refractivity (Wildman–Crippen MR) is 85.8 cm³/mol. The van der Waals surface area contributed by atoms with Crippen molar-refractivity contribution in [1.29, 1.82) is 0 Å². The second-order valence-corrected chi connectivity index (χ2v) is 5.40. The lowest BCUT2D eigenvalue weighted by molar-refractivity contribution is -0.131. The summed E-state index contributed by atoms with van der Waals surface area (Å²) in [5.41, 5.74) is 1.23. The number of fused-ring (bicyclic) bond motifs is 5. The van der Waals surface area contributed by atoms with Gasteiger partial charge in [-0.25, -0.2) is 4.79 Å². The van der Waals surface area contributed by atoms with Gasteiger partial charge >= 0.3 is 11.6 Å². The fourth-order valence-electron chi connectivity index (χ4n) is 2.87. The lowest BCUT2D eigenvalue weighted by Crippen LogP contribution is -2.02. The van der Waals surface area contributed by atoms with E-state index in [1.54, 1.807) is 31.4 Å². The van der Waals surface area contributed by atoms with Crippen molar-refractivity contribution in [3.8, 4) is 5.75 Å². The lowest BCUT2D eigenvalue weighted by Gasteiger charge is -2.07. The van der Waals surface area contributed by atoms with Gasteiger partial charge in [0.1, 0.15) is 16.7 Å². The standard InChI is InChI=1S/C18H12O5/c1-9-8-21-17-13-7-6-11-12(16(13)23-18(20)15(9)17)4-3-5-14(11)22-10(2)19/h3-8H,1-2H3. The normalized spacial score (nSPS) is 11.4. The molecule has 114 valence electrons. The van der Waals surface area contributed by atoms with Gasteiger partial charge in [0, 0.05) is 23.3 Å². The summed E-state index contributed by atoms with van der Waals surface area (Å²) >= 11 is 0. The van der Waals surface area contributed by atoms with Crippen LogP contribution in [0.3, 0.4) is 0 Å². The summed E-state index contributed by atoms with van der Waals surface area (Å²) in [4.78, 5) is 23.5. The quantitative estimate of drug-likeness (QED) is 0.231. The van der Waals surface area contributed by atoms with Gasteiger partial charge in [0.2, 0.25) is 0 Å². The molecule has 4 aromatic rings. The van der Waals surface area contributed by atoms with E-state index in [-0.39, 0.29) is 0 Å². The zero-order valence-corrected chi connectivity index (χ0v) is 12.5. The van der Waals surface area contributed by atoms with Crippen molar-refractivity contribution in [3.05, 3.63) is 52.6 Å². The van der Waals surface area contributed by atoms with Gasteiger partial charge in [0.25, 0.3) is 0 Å². The van der Waals surface area contributed by atoms with Crippen molar-refractivity contribution in [2.45, 2.75) is 13.8 Å². The molecule has 0 amide bonds. The van der Waals surface area contributed by atoms with Gasteiger partial charge in [-0.2, -0.15) is 0 Å². The van der Waals surface area contributed by atoms with Crippen LogP contribution in [0.25, 0.3) is 32.7 Å². The van der Waals surface area contributed by atoms with Gasteiger partial charge < -0.3 is 13.6 Å². The van der Waals surface area contributed by atoms with Gasteiger partial charge in [-0.1, -0.05) is 12.1 Å². The predicted octanol–water partition coefficient (Wildman–Crippen LogP) is 3.93. The smallest absolute Gasteiger partial charge is 0.347 e. The number of hydrogen-bond acceptors (Lipinski definition) is 5. The molecule has 2 heterocycles. The second kappa shape index (κ2) is 4.71. The molecule has 0 saturated carbocycles. The number of benzene rings is 2. The third kappa shape index (κ3) is 1.93. The minimum Gasteiger partial charge on any atom is -0.463 e. The summed E-state index contributed by atoms with van der Waals surface area (Å²) in [7, 11) is 0. The first-order chi connectivity index (χ1) is 11.1. The van der Waals surface area contributed by atoms with E-state index in [1.807, 2.05) is 12.1 Å². The fourth-order valence-corrected chi connectivity index (χ4v) is 2.87. The molecule has 0 radical (unpaired) electrons. The molecule has 5 heteroatoms. The van der Waals surface area contributed by atoms with Crippen LogP contribution in [0.5, 0.6) is 5.75 Å². The van der Waals surface area contributed by atoms with Crippen molar-refractivity contribution >= 4 is 38.7 Å². The molecule has 0 saturated heterocycles. The second-order valence-electron chi connectivity index (χ2n) is 5.40. The van der Waals surface area contributed by atoms with E-state index in [0.717, 1.165) is 5.56 Å². The van der Waals surface area contributed by atoms with Crippen LogP contribution in [-0.2, 0) is 4.79 Å². The Morgan fingerprint density at radius 1 is 1.04 bits per heavy atom.